The minimum Gasteiger partial charge on any atom is -0.497 e. The summed E-state index contributed by atoms with van der Waals surface area (Å²) < 4.78 is 32.7. The van der Waals surface area contributed by atoms with Gasteiger partial charge in [0.05, 0.1) is 12.0 Å². The fourth-order valence-corrected chi connectivity index (χ4v) is 4.35. The summed E-state index contributed by atoms with van der Waals surface area (Å²) in [6, 6.07) is 15.2. The molecule has 2 aromatic rings. The molecule has 1 saturated heterocycles. The fourth-order valence-electron chi connectivity index (χ4n) is 3.03. The number of piperidine rings is 1. The Hall–Kier alpha value is -2.38. The first kappa shape index (κ1) is 18.4. The molecule has 1 N–H and O–H groups in total. The number of likely N-dealkylation sites (tertiary alicyclic amines) is 1. The van der Waals surface area contributed by atoms with E-state index in [9.17, 15) is 13.2 Å². The number of rotatable bonds is 5. The van der Waals surface area contributed by atoms with Crippen molar-refractivity contribution >= 4 is 15.9 Å². The maximum Gasteiger partial charge on any atom is 0.253 e. The minimum atomic E-state index is -3.53. The standard InChI is InChI=1S/C19H22N2O4S/c1-25-17-7-5-6-15(14-17)19(22)21-12-10-16(11-13-21)20-26(23,24)18-8-3-2-4-9-18/h2-9,14,16,20H,10-13H2,1H3. The van der Waals surface area contributed by atoms with Crippen LogP contribution in [0.5, 0.6) is 5.75 Å². The van der Waals surface area contributed by atoms with E-state index in [0.717, 1.165) is 0 Å². The number of benzene rings is 2. The van der Waals surface area contributed by atoms with Crippen molar-refractivity contribution in [2.45, 2.75) is 23.8 Å². The summed E-state index contributed by atoms with van der Waals surface area (Å²) in [4.78, 5) is 14.6. The second-order valence-electron chi connectivity index (χ2n) is 6.23. The van der Waals surface area contributed by atoms with Crippen LogP contribution in [0.4, 0.5) is 0 Å². The highest BCUT2D eigenvalue weighted by Gasteiger charge is 2.27. The molecule has 1 aliphatic rings. The van der Waals surface area contributed by atoms with Gasteiger partial charge in [-0.3, -0.25) is 4.79 Å². The minimum absolute atomic E-state index is 0.0618. The molecule has 1 heterocycles. The number of hydrogen-bond donors (Lipinski definition) is 1. The summed E-state index contributed by atoms with van der Waals surface area (Å²) in [5.74, 6) is 0.578. The van der Waals surface area contributed by atoms with Crippen molar-refractivity contribution in [1.82, 2.24) is 9.62 Å². The molecule has 0 radical (unpaired) electrons. The SMILES string of the molecule is COc1cccc(C(=O)N2CCC(NS(=O)(=O)c3ccccc3)CC2)c1. The van der Waals surface area contributed by atoms with Gasteiger partial charge in [-0.2, -0.15) is 0 Å². The monoisotopic (exact) mass is 374 g/mol. The maximum absolute atomic E-state index is 12.6. The zero-order valence-electron chi connectivity index (χ0n) is 14.6. The fraction of sp³-hybridized carbons (Fsp3) is 0.316. The normalized spacial score (nSPS) is 15.7. The number of methoxy groups -OCH3 is 1. The molecule has 0 unspecified atom stereocenters. The lowest BCUT2D eigenvalue weighted by molar-refractivity contribution is 0.0711. The van der Waals surface area contributed by atoms with Crippen LogP contribution < -0.4 is 9.46 Å². The second-order valence-corrected chi connectivity index (χ2v) is 7.95. The number of nitrogens with one attached hydrogen (secondary N) is 1. The van der Waals surface area contributed by atoms with Crippen LogP contribution in [0, 0.1) is 0 Å². The van der Waals surface area contributed by atoms with Crippen LogP contribution in [0.15, 0.2) is 59.5 Å². The van der Waals surface area contributed by atoms with Gasteiger partial charge in [0.25, 0.3) is 5.91 Å². The summed E-state index contributed by atoms with van der Waals surface area (Å²) >= 11 is 0. The first-order valence-electron chi connectivity index (χ1n) is 8.50. The number of sulfonamides is 1. The number of carbonyl (C=O) groups excluding carboxylic acids is 1. The Balaban J connectivity index is 1.60. The Morgan fingerprint density at radius 1 is 1.08 bits per heavy atom. The molecule has 138 valence electrons. The van der Waals surface area contributed by atoms with Gasteiger partial charge in [0.2, 0.25) is 10.0 Å². The number of carbonyl (C=O) groups is 1. The quantitative estimate of drug-likeness (QED) is 0.871. The van der Waals surface area contributed by atoms with Gasteiger partial charge in [-0.1, -0.05) is 24.3 Å². The third kappa shape index (κ3) is 4.23. The van der Waals surface area contributed by atoms with E-state index < -0.39 is 10.0 Å². The largest absolute Gasteiger partial charge is 0.497 e. The third-order valence-corrected chi connectivity index (χ3v) is 6.01. The molecule has 7 heteroatoms. The van der Waals surface area contributed by atoms with E-state index in [1.54, 1.807) is 66.6 Å². The first-order chi connectivity index (χ1) is 12.5. The molecule has 1 fully saturated rings. The van der Waals surface area contributed by atoms with Gasteiger partial charge >= 0.3 is 0 Å². The number of nitrogens with zero attached hydrogens (tertiary/aromatic N) is 1. The number of amides is 1. The van der Waals surface area contributed by atoms with E-state index >= 15 is 0 Å². The molecule has 1 aliphatic heterocycles. The van der Waals surface area contributed by atoms with Crippen molar-refractivity contribution in [1.29, 1.82) is 0 Å². The van der Waals surface area contributed by atoms with E-state index in [2.05, 4.69) is 4.72 Å². The van der Waals surface area contributed by atoms with Crippen molar-refractivity contribution in [2.75, 3.05) is 20.2 Å². The van der Waals surface area contributed by atoms with E-state index in [0.29, 0.717) is 37.2 Å². The summed E-state index contributed by atoms with van der Waals surface area (Å²) in [5.41, 5.74) is 0.577. The molecule has 0 atom stereocenters. The van der Waals surface area contributed by atoms with Crippen LogP contribution in [0.3, 0.4) is 0 Å². The molecular formula is C19H22N2O4S. The zero-order chi connectivity index (χ0) is 18.6. The number of ether oxygens (including phenoxy) is 1. The molecule has 6 nitrogen and oxygen atoms in total. The van der Waals surface area contributed by atoms with Crippen molar-refractivity contribution in [2.24, 2.45) is 0 Å². The Morgan fingerprint density at radius 3 is 2.42 bits per heavy atom. The lowest BCUT2D eigenvalue weighted by Crippen LogP contribution is -2.46. The molecule has 1 amide bonds. The van der Waals surface area contributed by atoms with Crippen LogP contribution in [-0.4, -0.2) is 45.5 Å². The van der Waals surface area contributed by atoms with Crippen molar-refractivity contribution < 1.29 is 17.9 Å². The molecule has 0 spiro atoms. The van der Waals surface area contributed by atoms with E-state index in [-0.39, 0.29) is 16.8 Å². The van der Waals surface area contributed by atoms with Crippen molar-refractivity contribution in [3.05, 3.63) is 60.2 Å². The lowest BCUT2D eigenvalue weighted by Gasteiger charge is -2.32. The van der Waals surface area contributed by atoms with Crippen LogP contribution in [-0.2, 0) is 10.0 Å². The predicted octanol–water partition coefficient (Wildman–Crippen LogP) is 2.28. The van der Waals surface area contributed by atoms with Gasteiger partial charge in [0.15, 0.2) is 0 Å². The Kier molecular flexibility index (Phi) is 5.58. The molecule has 0 aromatic heterocycles. The molecule has 26 heavy (non-hydrogen) atoms. The summed E-state index contributed by atoms with van der Waals surface area (Å²) in [5, 5.41) is 0. The Bertz CT molecular complexity index is 860. The lowest BCUT2D eigenvalue weighted by atomic mass is 10.0. The van der Waals surface area contributed by atoms with Gasteiger partial charge in [-0.25, -0.2) is 13.1 Å². The number of hydrogen-bond acceptors (Lipinski definition) is 4. The summed E-state index contributed by atoms with van der Waals surface area (Å²) in [6.07, 6.45) is 1.17. The summed E-state index contributed by atoms with van der Waals surface area (Å²) in [6.45, 7) is 1.02. The average molecular weight is 374 g/mol. The van der Waals surface area contributed by atoms with Crippen molar-refractivity contribution in [3.8, 4) is 5.75 Å². The molecule has 0 bridgehead atoms. The van der Waals surface area contributed by atoms with Gasteiger partial charge in [0, 0.05) is 24.7 Å². The smallest absolute Gasteiger partial charge is 0.253 e. The molecule has 3 rings (SSSR count). The van der Waals surface area contributed by atoms with Crippen LogP contribution >= 0.6 is 0 Å². The van der Waals surface area contributed by atoms with Gasteiger partial charge in [0.1, 0.15) is 5.75 Å². The first-order valence-corrected chi connectivity index (χ1v) is 9.98. The van der Waals surface area contributed by atoms with Crippen LogP contribution in [0.2, 0.25) is 0 Å². The average Bonchev–Trinajstić information content (AvgIpc) is 2.68. The van der Waals surface area contributed by atoms with Crippen molar-refractivity contribution in [3.63, 3.8) is 0 Å². The molecular weight excluding hydrogens is 352 g/mol. The van der Waals surface area contributed by atoms with Crippen LogP contribution in [0.1, 0.15) is 23.2 Å². The highest BCUT2D eigenvalue weighted by Crippen LogP contribution is 2.19. The maximum atomic E-state index is 12.6. The molecule has 2 aromatic carbocycles. The topological polar surface area (TPSA) is 75.7 Å². The Morgan fingerprint density at radius 2 is 1.77 bits per heavy atom. The molecule has 0 aliphatic carbocycles. The van der Waals surface area contributed by atoms with Gasteiger partial charge < -0.3 is 9.64 Å². The summed E-state index contributed by atoms with van der Waals surface area (Å²) in [7, 11) is -1.97. The van der Waals surface area contributed by atoms with Gasteiger partial charge in [-0.05, 0) is 43.2 Å². The highest BCUT2D eigenvalue weighted by molar-refractivity contribution is 7.89. The van der Waals surface area contributed by atoms with E-state index in [4.69, 9.17) is 4.74 Å². The second kappa shape index (κ2) is 7.88. The Labute approximate surface area is 153 Å². The predicted molar refractivity (Wildman–Crippen MR) is 98.7 cm³/mol. The molecule has 0 saturated carbocycles. The van der Waals surface area contributed by atoms with Gasteiger partial charge in [-0.15, -0.1) is 0 Å². The third-order valence-electron chi connectivity index (χ3n) is 4.47. The van der Waals surface area contributed by atoms with E-state index in [1.807, 2.05) is 0 Å². The van der Waals surface area contributed by atoms with Crippen LogP contribution in [0.25, 0.3) is 0 Å². The van der Waals surface area contributed by atoms with E-state index in [1.165, 1.54) is 0 Å². The zero-order valence-corrected chi connectivity index (χ0v) is 15.4. The highest BCUT2D eigenvalue weighted by atomic mass is 32.2.